The third-order valence-electron chi connectivity index (χ3n) is 2.77. The van der Waals surface area contributed by atoms with E-state index in [1.54, 1.807) is 30.5 Å². The van der Waals surface area contributed by atoms with E-state index in [9.17, 15) is 15.0 Å². The van der Waals surface area contributed by atoms with Crippen LogP contribution in [0.3, 0.4) is 0 Å². The predicted octanol–water partition coefficient (Wildman–Crippen LogP) is 0.836. The van der Waals surface area contributed by atoms with Crippen LogP contribution in [-0.4, -0.2) is 21.3 Å². The number of aliphatic hydroxyl groups is 2. The second kappa shape index (κ2) is 5.00. The van der Waals surface area contributed by atoms with E-state index in [2.05, 4.69) is 4.98 Å². The van der Waals surface area contributed by atoms with Crippen LogP contribution in [0.5, 0.6) is 0 Å². The number of hydrogen-bond donors (Lipinski definition) is 3. The maximum atomic E-state index is 11.2. The fourth-order valence-electron chi connectivity index (χ4n) is 1.79. The van der Waals surface area contributed by atoms with Gasteiger partial charge in [0.2, 0.25) is 5.56 Å². The molecule has 18 heavy (non-hydrogen) atoms. The average Bonchev–Trinajstić information content (AvgIpc) is 2.37. The number of nitrogens with one attached hydrogen (secondary N) is 1. The van der Waals surface area contributed by atoms with Crippen molar-refractivity contribution in [2.24, 2.45) is 0 Å². The molecule has 1 aromatic carbocycles. The molecule has 0 saturated heterocycles. The quantitative estimate of drug-likeness (QED) is 0.745. The number of fused-ring (bicyclic) bond motifs is 1. The molecule has 92 valence electrons. The maximum absolute atomic E-state index is 11.2. The molecule has 0 saturated carbocycles. The molecule has 0 amide bonds. The largest absolute Gasteiger partial charge is 0.389 e. The van der Waals surface area contributed by atoms with Crippen molar-refractivity contribution in [1.82, 2.24) is 4.98 Å². The number of aliphatic hydroxyl groups excluding tert-OH is 2. The summed E-state index contributed by atoms with van der Waals surface area (Å²) in [5.74, 6) is 0. The van der Waals surface area contributed by atoms with E-state index in [1.807, 2.05) is 0 Å². The van der Waals surface area contributed by atoms with Gasteiger partial charge in [-0.2, -0.15) is 5.26 Å². The van der Waals surface area contributed by atoms with Gasteiger partial charge < -0.3 is 15.2 Å². The fourth-order valence-corrected chi connectivity index (χ4v) is 1.79. The van der Waals surface area contributed by atoms with Crippen molar-refractivity contribution >= 4 is 10.8 Å². The summed E-state index contributed by atoms with van der Waals surface area (Å²) in [7, 11) is 0. The fraction of sp³-hybridized carbons (Fsp3) is 0.231. The number of H-pyrrole nitrogens is 1. The molecule has 0 aliphatic rings. The maximum Gasteiger partial charge on any atom is 0.248 e. The third-order valence-corrected chi connectivity index (χ3v) is 2.77. The van der Waals surface area contributed by atoms with Gasteiger partial charge in [0, 0.05) is 12.3 Å². The summed E-state index contributed by atoms with van der Waals surface area (Å²) in [5, 5.41) is 29.4. The van der Waals surface area contributed by atoms with Crippen molar-refractivity contribution in [3.05, 3.63) is 46.4 Å². The smallest absolute Gasteiger partial charge is 0.248 e. The summed E-state index contributed by atoms with van der Waals surface area (Å²) in [6.07, 6.45) is -0.823. The Morgan fingerprint density at radius 3 is 2.78 bits per heavy atom. The molecule has 1 heterocycles. The van der Waals surface area contributed by atoms with E-state index in [0.717, 1.165) is 5.39 Å². The lowest BCUT2D eigenvalue weighted by molar-refractivity contribution is 0.0217. The van der Waals surface area contributed by atoms with E-state index >= 15 is 0 Å². The molecule has 1 aromatic heterocycles. The number of rotatable bonds is 3. The molecular formula is C13H12N2O3. The van der Waals surface area contributed by atoms with Crippen LogP contribution in [0.1, 0.15) is 18.1 Å². The Hall–Kier alpha value is -2.16. The van der Waals surface area contributed by atoms with Crippen molar-refractivity contribution in [3.8, 4) is 6.07 Å². The van der Waals surface area contributed by atoms with Crippen LogP contribution in [0.4, 0.5) is 0 Å². The molecule has 2 aromatic rings. The van der Waals surface area contributed by atoms with Crippen molar-refractivity contribution in [1.29, 1.82) is 5.26 Å². The average molecular weight is 244 g/mol. The van der Waals surface area contributed by atoms with Gasteiger partial charge in [-0.15, -0.1) is 0 Å². The van der Waals surface area contributed by atoms with Crippen LogP contribution in [0.15, 0.2) is 35.3 Å². The monoisotopic (exact) mass is 244 g/mol. The van der Waals surface area contributed by atoms with Crippen LogP contribution in [-0.2, 0) is 0 Å². The minimum Gasteiger partial charge on any atom is -0.389 e. The normalized spacial score (nSPS) is 14.1. The summed E-state index contributed by atoms with van der Waals surface area (Å²) in [6.45, 7) is 0. The standard InChI is InChI=1S/C13H12N2O3/c14-4-3-11(16)13(18)8-1-2-9-7-15-12(17)6-10(9)5-8/h1-2,5-7,11,13,16,18H,3H2,(H,15,17). The molecule has 5 heteroatoms. The lowest BCUT2D eigenvalue weighted by Crippen LogP contribution is -2.17. The molecule has 0 aliphatic carbocycles. The van der Waals surface area contributed by atoms with Gasteiger partial charge in [-0.05, 0) is 22.4 Å². The summed E-state index contributed by atoms with van der Waals surface area (Å²) >= 11 is 0. The Bertz CT molecular complexity index is 657. The number of nitrogens with zero attached hydrogens (tertiary/aromatic N) is 1. The van der Waals surface area contributed by atoms with E-state index in [0.29, 0.717) is 10.9 Å². The van der Waals surface area contributed by atoms with E-state index < -0.39 is 12.2 Å². The van der Waals surface area contributed by atoms with Gasteiger partial charge in [0.1, 0.15) is 6.10 Å². The molecular weight excluding hydrogens is 232 g/mol. The van der Waals surface area contributed by atoms with Crippen LogP contribution in [0, 0.1) is 11.3 Å². The van der Waals surface area contributed by atoms with E-state index in [4.69, 9.17) is 5.26 Å². The predicted molar refractivity (Wildman–Crippen MR) is 65.8 cm³/mol. The lowest BCUT2D eigenvalue weighted by atomic mass is 10.00. The summed E-state index contributed by atoms with van der Waals surface area (Å²) in [6, 6.07) is 8.25. The Morgan fingerprint density at radius 1 is 1.28 bits per heavy atom. The van der Waals surface area contributed by atoms with E-state index in [-0.39, 0.29) is 12.0 Å². The zero-order valence-corrected chi connectivity index (χ0v) is 9.50. The molecule has 2 rings (SSSR count). The number of aromatic amines is 1. The molecule has 2 unspecified atom stereocenters. The first-order valence-electron chi connectivity index (χ1n) is 5.47. The first-order valence-corrected chi connectivity index (χ1v) is 5.47. The van der Waals surface area contributed by atoms with Crippen molar-refractivity contribution < 1.29 is 10.2 Å². The summed E-state index contributed by atoms with van der Waals surface area (Å²) in [4.78, 5) is 13.7. The van der Waals surface area contributed by atoms with Crippen molar-refractivity contribution in [3.63, 3.8) is 0 Å². The minimum absolute atomic E-state index is 0.144. The van der Waals surface area contributed by atoms with Gasteiger partial charge in [-0.1, -0.05) is 12.1 Å². The van der Waals surface area contributed by atoms with Gasteiger partial charge in [0.05, 0.1) is 18.6 Å². The van der Waals surface area contributed by atoms with E-state index in [1.165, 1.54) is 6.07 Å². The van der Waals surface area contributed by atoms with Crippen molar-refractivity contribution in [2.45, 2.75) is 18.6 Å². The summed E-state index contributed by atoms with van der Waals surface area (Å²) < 4.78 is 0. The molecule has 0 bridgehead atoms. The zero-order chi connectivity index (χ0) is 13.1. The highest BCUT2D eigenvalue weighted by molar-refractivity contribution is 5.82. The Balaban J connectivity index is 2.40. The number of pyridine rings is 1. The number of nitriles is 1. The van der Waals surface area contributed by atoms with Gasteiger partial charge in [0.25, 0.3) is 0 Å². The second-order valence-electron chi connectivity index (χ2n) is 4.06. The topological polar surface area (TPSA) is 97.1 Å². The van der Waals surface area contributed by atoms with Gasteiger partial charge in [-0.3, -0.25) is 4.79 Å². The van der Waals surface area contributed by atoms with Gasteiger partial charge in [-0.25, -0.2) is 0 Å². The number of benzene rings is 1. The third kappa shape index (κ3) is 2.40. The molecule has 0 aliphatic heterocycles. The zero-order valence-electron chi connectivity index (χ0n) is 9.50. The highest BCUT2D eigenvalue weighted by Crippen LogP contribution is 2.22. The number of aromatic nitrogens is 1. The van der Waals surface area contributed by atoms with Crippen molar-refractivity contribution in [2.75, 3.05) is 0 Å². The Kier molecular flexibility index (Phi) is 3.42. The first-order chi connectivity index (χ1) is 8.61. The van der Waals surface area contributed by atoms with Crippen LogP contribution in [0.25, 0.3) is 10.8 Å². The molecule has 3 N–H and O–H groups in total. The SMILES string of the molecule is N#CCC(O)C(O)c1ccc2c[nH]c(=O)cc2c1. The van der Waals surface area contributed by atoms with Crippen LogP contribution >= 0.6 is 0 Å². The number of hydrogen-bond acceptors (Lipinski definition) is 4. The molecule has 2 atom stereocenters. The molecule has 5 nitrogen and oxygen atoms in total. The second-order valence-corrected chi connectivity index (χ2v) is 4.06. The Morgan fingerprint density at radius 2 is 2.06 bits per heavy atom. The molecule has 0 fully saturated rings. The minimum atomic E-state index is -1.13. The van der Waals surface area contributed by atoms with Gasteiger partial charge in [0.15, 0.2) is 0 Å². The lowest BCUT2D eigenvalue weighted by Gasteiger charge is -2.15. The highest BCUT2D eigenvalue weighted by atomic mass is 16.3. The van der Waals surface area contributed by atoms with Gasteiger partial charge >= 0.3 is 0 Å². The highest BCUT2D eigenvalue weighted by Gasteiger charge is 2.18. The first kappa shape index (κ1) is 12.3. The molecule has 0 spiro atoms. The van der Waals surface area contributed by atoms with Crippen LogP contribution in [0.2, 0.25) is 0 Å². The van der Waals surface area contributed by atoms with Crippen LogP contribution < -0.4 is 5.56 Å². The Labute approximate surface area is 103 Å². The summed E-state index contributed by atoms with van der Waals surface area (Å²) in [5.41, 5.74) is 0.252. The molecule has 0 radical (unpaired) electrons.